The van der Waals surface area contributed by atoms with E-state index in [2.05, 4.69) is 4.98 Å². The van der Waals surface area contributed by atoms with E-state index in [-0.39, 0.29) is 36.5 Å². The molecule has 4 rings (SSSR count). The summed E-state index contributed by atoms with van der Waals surface area (Å²) in [7, 11) is 0. The summed E-state index contributed by atoms with van der Waals surface area (Å²) in [5.74, 6) is -0.982. The number of benzene rings is 1. The summed E-state index contributed by atoms with van der Waals surface area (Å²) < 4.78 is 19.8. The standard InChI is InChI=1S/C25H28FN3O4S/c1-3-33-25(32)22-16(2)21-23(34-22)27-15-28(24(21)31)14-20(30)29(19-7-5-4-6-8-19)13-17-9-11-18(26)12-10-17/h9-12,15,19H,3-8,13-14H2,1-2H3. The molecule has 1 amide bonds. The fourth-order valence-corrected chi connectivity index (χ4v) is 5.53. The second-order valence-electron chi connectivity index (χ2n) is 8.57. The van der Waals surface area contributed by atoms with Crippen LogP contribution in [0.4, 0.5) is 4.39 Å². The van der Waals surface area contributed by atoms with Crippen LogP contribution >= 0.6 is 11.3 Å². The number of thiophene rings is 1. The van der Waals surface area contributed by atoms with Gasteiger partial charge in [0.1, 0.15) is 22.1 Å². The van der Waals surface area contributed by atoms with Crippen molar-refractivity contribution in [2.24, 2.45) is 0 Å². The van der Waals surface area contributed by atoms with E-state index in [1.165, 1.54) is 23.0 Å². The Morgan fingerprint density at radius 3 is 2.59 bits per heavy atom. The second kappa shape index (κ2) is 10.5. The third-order valence-electron chi connectivity index (χ3n) is 6.29. The van der Waals surface area contributed by atoms with Crippen LogP contribution in [0.25, 0.3) is 10.2 Å². The number of esters is 1. The number of aromatic nitrogens is 2. The van der Waals surface area contributed by atoms with Gasteiger partial charge in [0.25, 0.3) is 5.56 Å². The maximum Gasteiger partial charge on any atom is 0.348 e. The first-order valence-electron chi connectivity index (χ1n) is 11.6. The van der Waals surface area contributed by atoms with Crippen molar-refractivity contribution in [3.05, 3.63) is 62.8 Å². The number of carbonyl (C=O) groups is 2. The predicted octanol–water partition coefficient (Wildman–Crippen LogP) is 4.44. The number of aryl methyl sites for hydroxylation is 1. The molecule has 2 aromatic heterocycles. The van der Waals surface area contributed by atoms with Gasteiger partial charge in [0.2, 0.25) is 5.91 Å². The highest BCUT2D eigenvalue weighted by molar-refractivity contribution is 7.20. The Morgan fingerprint density at radius 1 is 1.21 bits per heavy atom. The van der Waals surface area contributed by atoms with Gasteiger partial charge >= 0.3 is 5.97 Å². The second-order valence-corrected chi connectivity index (χ2v) is 9.57. The SMILES string of the molecule is CCOC(=O)c1sc2ncn(CC(=O)N(Cc3ccc(F)cc3)C3CCCCC3)c(=O)c2c1C. The first-order chi connectivity index (χ1) is 16.4. The summed E-state index contributed by atoms with van der Waals surface area (Å²) in [6.45, 7) is 3.87. The van der Waals surface area contributed by atoms with Crippen molar-refractivity contribution in [1.29, 1.82) is 0 Å². The average molecular weight is 486 g/mol. The lowest BCUT2D eigenvalue weighted by Gasteiger charge is -2.34. The largest absolute Gasteiger partial charge is 0.462 e. The molecule has 1 aromatic carbocycles. The van der Waals surface area contributed by atoms with Gasteiger partial charge in [-0.2, -0.15) is 0 Å². The Labute approximate surface area is 201 Å². The topological polar surface area (TPSA) is 81.5 Å². The Kier molecular flexibility index (Phi) is 7.41. The first kappa shape index (κ1) is 24.1. The summed E-state index contributed by atoms with van der Waals surface area (Å²) in [5.41, 5.74) is 1.01. The molecule has 2 heterocycles. The van der Waals surface area contributed by atoms with Crippen molar-refractivity contribution in [2.45, 2.75) is 65.1 Å². The zero-order valence-corrected chi connectivity index (χ0v) is 20.2. The van der Waals surface area contributed by atoms with Crippen molar-refractivity contribution in [1.82, 2.24) is 14.5 Å². The Hall–Kier alpha value is -3.07. The summed E-state index contributed by atoms with van der Waals surface area (Å²) in [6, 6.07) is 6.23. The highest BCUT2D eigenvalue weighted by atomic mass is 32.1. The zero-order valence-electron chi connectivity index (χ0n) is 19.4. The summed E-state index contributed by atoms with van der Waals surface area (Å²) in [6.07, 6.45) is 6.43. The van der Waals surface area contributed by atoms with Crippen molar-refractivity contribution < 1.29 is 18.7 Å². The maximum absolute atomic E-state index is 13.4. The third kappa shape index (κ3) is 5.04. The quantitative estimate of drug-likeness (QED) is 0.462. The number of halogens is 1. The Bertz CT molecular complexity index is 1250. The number of hydrogen-bond acceptors (Lipinski definition) is 6. The molecule has 1 aliphatic rings. The first-order valence-corrected chi connectivity index (χ1v) is 12.4. The van der Waals surface area contributed by atoms with Crippen LogP contribution in [0.1, 0.15) is 59.8 Å². The van der Waals surface area contributed by atoms with Crippen LogP contribution in [0.15, 0.2) is 35.4 Å². The molecular formula is C25H28FN3O4S. The monoisotopic (exact) mass is 485 g/mol. The molecule has 3 aromatic rings. The molecule has 0 aliphatic heterocycles. The summed E-state index contributed by atoms with van der Waals surface area (Å²) in [5, 5.41) is 0.339. The van der Waals surface area contributed by atoms with E-state index >= 15 is 0 Å². The van der Waals surface area contributed by atoms with Gasteiger partial charge in [0.15, 0.2) is 0 Å². The smallest absolute Gasteiger partial charge is 0.348 e. The van der Waals surface area contributed by atoms with Crippen LogP contribution in [-0.2, 0) is 22.6 Å². The lowest BCUT2D eigenvalue weighted by molar-refractivity contribution is -0.135. The molecule has 1 fully saturated rings. The van der Waals surface area contributed by atoms with E-state index in [1.54, 1.807) is 26.0 Å². The molecule has 0 unspecified atom stereocenters. The predicted molar refractivity (Wildman–Crippen MR) is 128 cm³/mol. The van der Waals surface area contributed by atoms with E-state index in [9.17, 15) is 18.8 Å². The molecule has 1 saturated carbocycles. The van der Waals surface area contributed by atoms with Crippen molar-refractivity contribution >= 4 is 33.4 Å². The molecule has 7 nitrogen and oxygen atoms in total. The number of amides is 1. The van der Waals surface area contributed by atoms with Crippen molar-refractivity contribution in [3.63, 3.8) is 0 Å². The Morgan fingerprint density at radius 2 is 1.91 bits per heavy atom. The number of ether oxygens (including phenoxy) is 1. The van der Waals surface area contributed by atoms with E-state index in [0.29, 0.717) is 27.2 Å². The normalized spacial score (nSPS) is 14.3. The van der Waals surface area contributed by atoms with Crippen LogP contribution in [0.5, 0.6) is 0 Å². The van der Waals surface area contributed by atoms with Crippen molar-refractivity contribution in [2.75, 3.05) is 6.61 Å². The van der Waals surface area contributed by atoms with Gasteiger partial charge in [-0.3, -0.25) is 14.2 Å². The fourth-order valence-electron chi connectivity index (χ4n) is 4.50. The molecule has 0 N–H and O–H groups in total. The van der Waals surface area contributed by atoms with E-state index < -0.39 is 5.97 Å². The summed E-state index contributed by atoms with van der Waals surface area (Å²) in [4.78, 5) is 45.9. The molecule has 180 valence electrons. The van der Waals surface area contributed by atoms with Crippen LogP contribution < -0.4 is 5.56 Å². The zero-order chi connectivity index (χ0) is 24.2. The molecule has 1 aliphatic carbocycles. The van der Waals surface area contributed by atoms with Gasteiger partial charge in [-0.1, -0.05) is 31.4 Å². The fraction of sp³-hybridized carbons (Fsp3) is 0.440. The number of fused-ring (bicyclic) bond motifs is 1. The van der Waals surface area contributed by atoms with E-state index in [0.717, 1.165) is 49.0 Å². The van der Waals surface area contributed by atoms with Crippen LogP contribution in [0.2, 0.25) is 0 Å². The molecule has 0 radical (unpaired) electrons. The molecule has 9 heteroatoms. The number of hydrogen-bond donors (Lipinski definition) is 0. The van der Waals surface area contributed by atoms with Gasteiger partial charge in [0.05, 0.1) is 18.3 Å². The lowest BCUT2D eigenvalue weighted by Crippen LogP contribution is -2.43. The number of carbonyl (C=O) groups excluding carboxylic acids is 2. The molecule has 0 saturated heterocycles. The van der Waals surface area contributed by atoms with Crippen LogP contribution in [-0.4, -0.2) is 39.0 Å². The van der Waals surface area contributed by atoms with Gasteiger partial charge in [-0.25, -0.2) is 14.2 Å². The van der Waals surface area contributed by atoms with Gasteiger partial charge in [0, 0.05) is 12.6 Å². The molecule has 34 heavy (non-hydrogen) atoms. The molecule has 0 spiro atoms. The molecule has 0 atom stereocenters. The van der Waals surface area contributed by atoms with Crippen LogP contribution in [0, 0.1) is 12.7 Å². The van der Waals surface area contributed by atoms with Gasteiger partial charge in [-0.05, 0) is 49.9 Å². The van der Waals surface area contributed by atoms with Gasteiger partial charge in [-0.15, -0.1) is 11.3 Å². The average Bonchev–Trinajstić information content (AvgIpc) is 3.18. The third-order valence-corrected chi connectivity index (χ3v) is 7.47. The highest BCUT2D eigenvalue weighted by Gasteiger charge is 2.27. The number of nitrogens with zero attached hydrogens (tertiary/aromatic N) is 3. The maximum atomic E-state index is 13.4. The minimum Gasteiger partial charge on any atom is -0.462 e. The van der Waals surface area contributed by atoms with Gasteiger partial charge < -0.3 is 9.64 Å². The van der Waals surface area contributed by atoms with Crippen LogP contribution in [0.3, 0.4) is 0 Å². The Balaban J connectivity index is 1.62. The minimum atomic E-state index is -0.479. The molecular weight excluding hydrogens is 457 g/mol. The highest BCUT2D eigenvalue weighted by Crippen LogP contribution is 2.28. The van der Waals surface area contributed by atoms with E-state index in [4.69, 9.17) is 4.74 Å². The van der Waals surface area contributed by atoms with Crippen molar-refractivity contribution in [3.8, 4) is 0 Å². The minimum absolute atomic E-state index is 0.0806. The lowest BCUT2D eigenvalue weighted by atomic mass is 9.93. The number of rotatable bonds is 7. The molecule has 0 bridgehead atoms. The summed E-state index contributed by atoms with van der Waals surface area (Å²) >= 11 is 1.12. The van der Waals surface area contributed by atoms with E-state index in [1.807, 2.05) is 4.90 Å².